The fourth-order valence-corrected chi connectivity index (χ4v) is 2.00. The van der Waals surface area contributed by atoms with Gasteiger partial charge in [0.15, 0.2) is 0 Å². The minimum atomic E-state index is 0.195. The summed E-state index contributed by atoms with van der Waals surface area (Å²) in [5, 5.41) is 10.3. The van der Waals surface area contributed by atoms with Crippen molar-refractivity contribution in [3.8, 4) is 11.3 Å². The largest absolute Gasteiger partial charge is 0.377 e. The van der Waals surface area contributed by atoms with Gasteiger partial charge in [-0.3, -0.25) is 5.10 Å². The summed E-state index contributed by atoms with van der Waals surface area (Å²) in [6.07, 6.45) is 5.26. The second kappa shape index (κ2) is 4.97. The Morgan fingerprint density at radius 3 is 2.63 bits per heavy atom. The molecule has 2 heterocycles. The highest BCUT2D eigenvalue weighted by atomic mass is 15.1. The Balaban J connectivity index is 1.73. The van der Waals surface area contributed by atoms with Gasteiger partial charge in [0, 0.05) is 11.9 Å². The normalized spacial score (nSPS) is 12.3. The fourth-order valence-electron chi connectivity index (χ4n) is 2.00. The van der Waals surface area contributed by atoms with E-state index in [9.17, 15) is 0 Å². The fraction of sp³-hybridized carbons (Fsp3) is 0.143. The lowest BCUT2D eigenvalue weighted by atomic mass is 10.1. The van der Waals surface area contributed by atoms with E-state index in [2.05, 4.69) is 56.7 Å². The molecule has 2 aromatic heterocycles. The second-order valence-electron chi connectivity index (χ2n) is 4.42. The molecule has 1 aromatic carbocycles. The smallest absolute Gasteiger partial charge is 0.0924 e. The average molecular weight is 253 g/mol. The SMILES string of the molecule is CC(Nc1ccc(-c2cnc[nH]2)cc1)c1ccn[nH]1. The molecule has 0 aliphatic rings. The average Bonchev–Trinajstić information content (AvgIpc) is 3.13. The second-order valence-corrected chi connectivity index (χ2v) is 4.42. The van der Waals surface area contributed by atoms with Crippen molar-refractivity contribution >= 4 is 5.69 Å². The van der Waals surface area contributed by atoms with Gasteiger partial charge >= 0.3 is 0 Å². The third kappa shape index (κ3) is 2.49. The predicted molar refractivity (Wildman–Crippen MR) is 74.6 cm³/mol. The van der Waals surface area contributed by atoms with Gasteiger partial charge in [-0.1, -0.05) is 12.1 Å². The van der Waals surface area contributed by atoms with E-state index in [-0.39, 0.29) is 6.04 Å². The molecule has 0 spiro atoms. The van der Waals surface area contributed by atoms with Crippen LogP contribution < -0.4 is 5.32 Å². The molecule has 1 atom stereocenters. The van der Waals surface area contributed by atoms with Crippen molar-refractivity contribution in [1.82, 2.24) is 20.2 Å². The van der Waals surface area contributed by atoms with Crippen LogP contribution in [-0.4, -0.2) is 20.2 Å². The first-order valence-corrected chi connectivity index (χ1v) is 6.17. The van der Waals surface area contributed by atoms with Crippen molar-refractivity contribution in [2.24, 2.45) is 0 Å². The molecule has 0 amide bonds. The van der Waals surface area contributed by atoms with Gasteiger partial charge in [0.1, 0.15) is 0 Å². The molecule has 3 rings (SSSR count). The van der Waals surface area contributed by atoms with Crippen LogP contribution in [-0.2, 0) is 0 Å². The maximum atomic E-state index is 4.02. The maximum Gasteiger partial charge on any atom is 0.0924 e. The topological polar surface area (TPSA) is 69.4 Å². The lowest BCUT2D eigenvalue weighted by Gasteiger charge is -2.13. The molecule has 5 heteroatoms. The zero-order valence-electron chi connectivity index (χ0n) is 10.6. The molecule has 3 aromatic rings. The maximum absolute atomic E-state index is 4.02. The Kier molecular flexibility index (Phi) is 3.02. The molecule has 0 saturated heterocycles. The summed E-state index contributed by atoms with van der Waals surface area (Å²) in [7, 11) is 0. The molecule has 0 bridgehead atoms. The molecule has 0 aliphatic heterocycles. The van der Waals surface area contributed by atoms with Gasteiger partial charge in [-0.15, -0.1) is 0 Å². The van der Waals surface area contributed by atoms with E-state index >= 15 is 0 Å². The lowest BCUT2D eigenvalue weighted by Crippen LogP contribution is -2.06. The van der Waals surface area contributed by atoms with Crippen molar-refractivity contribution in [2.75, 3.05) is 5.32 Å². The minimum absolute atomic E-state index is 0.195. The Hall–Kier alpha value is -2.56. The quantitative estimate of drug-likeness (QED) is 0.669. The van der Waals surface area contributed by atoms with Gasteiger partial charge in [-0.25, -0.2) is 4.98 Å². The summed E-state index contributed by atoms with van der Waals surface area (Å²) < 4.78 is 0. The first kappa shape index (κ1) is 11.5. The van der Waals surface area contributed by atoms with Crippen LogP contribution in [0, 0.1) is 0 Å². The Labute approximate surface area is 111 Å². The summed E-state index contributed by atoms with van der Waals surface area (Å²) in [5.74, 6) is 0. The van der Waals surface area contributed by atoms with Gasteiger partial charge in [-0.05, 0) is 30.7 Å². The van der Waals surface area contributed by atoms with E-state index in [4.69, 9.17) is 0 Å². The number of hydrogen-bond acceptors (Lipinski definition) is 3. The van der Waals surface area contributed by atoms with Gasteiger partial charge in [-0.2, -0.15) is 5.10 Å². The molecular formula is C14H15N5. The Bertz CT molecular complexity index is 610. The van der Waals surface area contributed by atoms with Crippen molar-refractivity contribution in [2.45, 2.75) is 13.0 Å². The van der Waals surface area contributed by atoms with Gasteiger partial charge in [0.2, 0.25) is 0 Å². The molecule has 19 heavy (non-hydrogen) atoms. The number of aromatic amines is 2. The predicted octanol–water partition coefficient (Wildman–Crippen LogP) is 2.97. The van der Waals surface area contributed by atoms with Crippen LogP contribution in [0.3, 0.4) is 0 Å². The first-order chi connectivity index (χ1) is 9.33. The van der Waals surface area contributed by atoms with Crippen LogP contribution in [0.2, 0.25) is 0 Å². The third-order valence-electron chi connectivity index (χ3n) is 3.07. The summed E-state index contributed by atoms with van der Waals surface area (Å²) in [6.45, 7) is 2.09. The van der Waals surface area contributed by atoms with Crippen LogP contribution in [0.25, 0.3) is 11.3 Å². The molecule has 1 unspecified atom stereocenters. The molecule has 3 N–H and O–H groups in total. The van der Waals surface area contributed by atoms with Crippen LogP contribution >= 0.6 is 0 Å². The molecule has 5 nitrogen and oxygen atoms in total. The van der Waals surface area contributed by atoms with Crippen LogP contribution in [0.1, 0.15) is 18.7 Å². The van der Waals surface area contributed by atoms with Crippen molar-refractivity contribution < 1.29 is 0 Å². The van der Waals surface area contributed by atoms with Crippen LogP contribution in [0.4, 0.5) is 5.69 Å². The minimum Gasteiger partial charge on any atom is -0.377 e. The lowest BCUT2D eigenvalue weighted by molar-refractivity contribution is 0.826. The number of benzene rings is 1. The van der Waals surface area contributed by atoms with Crippen LogP contribution in [0.15, 0.2) is 49.1 Å². The molecular weight excluding hydrogens is 238 g/mol. The summed E-state index contributed by atoms with van der Waals surface area (Å²) in [4.78, 5) is 7.11. The molecule has 96 valence electrons. The van der Waals surface area contributed by atoms with E-state index in [1.165, 1.54) is 0 Å². The number of nitrogens with one attached hydrogen (secondary N) is 3. The van der Waals surface area contributed by atoms with E-state index in [0.29, 0.717) is 0 Å². The number of anilines is 1. The number of H-pyrrole nitrogens is 2. The van der Waals surface area contributed by atoms with Crippen LogP contribution in [0.5, 0.6) is 0 Å². The number of nitrogens with zero attached hydrogens (tertiary/aromatic N) is 2. The van der Waals surface area contributed by atoms with E-state index < -0.39 is 0 Å². The van der Waals surface area contributed by atoms with Crippen molar-refractivity contribution in [3.63, 3.8) is 0 Å². The zero-order valence-corrected chi connectivity index (χ0v) is 10.6. The third-order valence-corrected chi connectivity index (χ3v) is 3.07. The number of imidazole rings is 1. The highest BCUT2D eigenvalue weighted by molar-refractivity contribution is 5.62. The summed E-state index contributed by atoms with van der Waals surface area (Å²) in [5.41, 5.74) is 4.29. The number of rotatable bonds is 4. The number of hydrogen-bond donors (Lipinski definition) is 3. The van der Waals surface area contributed by atoms with Gasteiger partial charge in [0.25, 0.3) is 0 Å². The van der Waals surface area contributed by atoms with Gasteiger partial charge in [0.05, 0.1) is 30.0 Å². The monoisotopic (exact) mass is 253 g/mol. The Morgan fingerprint density at radius 1 is 1.16 bits per heavy atom. The first-order valence-electron chi connectivity index (χ1n) is 6.17. The summed E-state index contributed by atoms with van der Waals surface area (Å²) in [6, 6.07) is 10.4. The van der Waals surface area contributed by atoms with E-state index in [1.807, 2.05) is 12.3 Å². The number of aromatic nitrogens is 4. The molecule has 0 radical (unpaired) electrons. The van der Waals surface area contributed by atoms with Crippen molar-refractivity contribution in [1.29, 1.82) is 0 Å². The van der Waals surface area contributed by atoms with Gasteiger partial charge < -0.3 is 10.3 Å². The Morgan fingerprint density at radius 2 is 2.00 bits per heavy atom. The molecule has 0 aliphatic carbocycles. The van der Waals surface area contributed by atoms with Crippen molar-refractivity contribution in [3.05, 3.63) is 54.7 Å². The zero-order chi connectivity index (χ0) is 13.1. The molecule has 0 saturated carbocycles. The van der Waals surface area contributed by atoms with E-state index in [1.54, 1.807) is 12.5 Å². The highest BCUT2D eigenvalue weighted by Crippen LogP contribution is 2.21. The van der Waals surface area contributed by atoms with E-state index in [0.717, 1.165) is 22.6 Å². The standard InChI is InChI=1S/C14H15N5/c1-10(13-6-7-17-19-13)18-12-4-2-11(3-5-12)14-8-15-9-16-14/h2-10,18H,1H3,(H,15,16)(H,17,19). The summed E-state index contributed by atoms with van der Waals surface area (Å²) >= 11 is 0. The molecule has 0 fully saturated rings. The highest BCUT2D eigenvalue weighted by Gasteiger charge is 2.06.